The largest absolute Gasteiger partial charge is 0.315 e. The molecule has 1 fully saturated rings. The average molecular weight is 346 g/mol. The number of hydrogen-bond donors (Lipinski definition) is 1. The molecule has 1 aliphatic heterocycles. The Balaban J connectivity index is 0.00000180. The molecule has 1 aromatic carbocycles. The number of rotatable bonds is 3. The molecule has 1 aromatic rings. The third-order valence-electron chi connectivity index (χ3n) is 3.12. The third-order valence-corrected chi connectivity index (χ3v) is 6.01. The Bertz CT molecular complexity index is 545. The van der Waals surface area contributed by atoms with Gasteiger partial charge < -0.3 is 5.32 Å². The fraction of sp³-hybridized carbons (Fsp3) is 0.455. The molecule has 1 N–H and O–H groups in total. The maximum Gasteiger partial charge on any atom is 0.244 e. The van der Waals surface area contributed by atoms with Gasteiger partial charge in [-0.25, -0.2) is 8.42 Å². The van der Waals surface area contributed by atoms with Crippen molar-refractivity contribution in [2.24, 2.45) is 0 Å². The Morgan fingerprint density at radius 1 is 1.37 bits per heavy atom. The Kier molecular flexibility index (Phi) is 5.92. The summed E-state index contributed by atoms with van der Waals surface area (Å²) >= 11 is 11.8. The van der Waals surface area contributed by atoms with E-state index in [-0.39, 0.29) is 33.4 Å². The third kappa shape index (κ3) is 3.35. The zero-order chi connectivity index (χ0) is 13.3. The number of nitrogens with one attached hydrogen (secondary N) is 1. The lowest BCUT2D eigenvalue weighted by Crippen LogP contribution is -2.38. The number of hydrogen-bond acceptors (Lipinski definition) is 3. The molecule has 1 aliphatic rings. The van der Waals surface area contributed by atoms with Gasteiger partial charge in [0.2, 0.25) is 10.0 Å². The van der Waals surface area contributed by atoms with E-state index in [2.05, 4.69) is 5.32 Å². The molecule has 108 valence electrons. The molecule has 0 aliphatic carbocycles. The SMILES string of the molecule is CN(C1CCNC1)S(=O)(=O)c1cccc(Cl)c1Cl.Cl. The highest BCUT2D eigenvalue weighted by Gasteiger charge is 2.31. The van der Waals surface area contributed by atoms with Crippen molar-refractivity contribution in [3.8, 4) is 0 Å². The Morgan fingerprint density at radius 2 is 2.05 bits per heavy atom. The lowest BCUT2D eigenvalue weighted by atomic mass is 10.3. The average Bonchev–Trinajstić information content (AvgIpc) is 2.85. The van der Waals surface area contributed by atoms with E-state index < -0.39 is 10.0 Å². The number of benzene rings is 1. The molecule has 0 radical (unpaired) electrons. The first kappa shape index (κ1) is 17.0. The standard InChI is InChI=1S/C11H14Cl2N2O2S.ClH/c1-15(8-5-6-14-7-8)18(16,17)10-4-2-3-9(12)11(10)13;/h2-4,8,14H,5-7H2,1H3;1H. The van der Waals surface area contributed by atoms with Gasteiger partial charge in [0, 0.05) is 19.6 Å². The molecule has 8 heteroatoms. The van der Waals surface area contributed by atoms with Crippen molar-refractivity contribution in [2.75, 3.05) is 20.1 Å². The molecule has 2 rings (SSSR count). The van der Waals surface area contributed by atoms with Crippen molar-refractivity contribution in [1.82, 2.24) is 9.62 Å². The molecule has 1 unspecified atom stereocenters. The van der Waals surface area contributed by atoms with Crippen LogP contribution in [0.1, 0.15) is 6.42 Å². The Labute approximate surface area is 129 Å². The fourth-order valence-corrected chi connectivity index (χ4v) is 4.10. The summed E-state index contributed by atoms with van der Waals surface area (Å²) in [5, 5.41) is 3.46. The summed E-state index contributed by atoms with van der Waals surface area (Å²) < 4.78 is 26.3. The van der Waals surface area contributed by atoms with Crippen LogP contribution in [0.25, 0.3) is 0 Å². The summed E-state index contributed by atoms with van der Waals surface area (Å²) in [6.45, 7) is 1.49. The molecule has 19 heavy (non-hydrogen) atoms. The highest BCUT2D eigenvalue weighted by atomic mass is 35.5. The fourth-order valence-electron chi connectivity index (χ4n) is 1.98. The van der Waals surface area contributed by atoms with Crippen LogP contribution in [-0.2, 0) is 10.0 Å². The van der Waals surface area contributed by atoms with Crippen LogP contribution in [0.2, 0.25) is 10.0 Å². The minimum Gasteiger partial charge on any atom is -0.315 e. The van der Waals surface area contributed by atoms with Crippen LogP contribution in [0.3, 0.4) is 0 Å². The van der Waals surface area contributed by atoms with Crippen molar-refractivity contribution in [2.45, 2.75) is 17.4 Å². The van der Waals surface area contributed by atoms with Crippen LogP contribution < -0.4 is 5.32 Å². The Hall–Kier alpha value is -0.0400. The molecule has 0 amide bonds. The molecular weight excluding hydrogens is 331 g/mol. The van der Waals surface area contributed by atoms with Crippen molar-refractivity contribution in [3.63, 3.8) is 0 Å². The summed E-state index contributed by atoms with van der Waals surface area (Å²) in [6.07, 6.45) is 0.800. The highest BCUT2D eigenvalue weighted by Crippen LogP contribution is 2.31. The normalized spacial score (nSPS) is 19.5. The molecule has 0 saturated carbocycles. The van der Waals surface area contributed by atoms with Gasteiger partial charge in [0.1, 0.15) is 4.90 Å². The highest BCUT2D eigenvalue weighted by molar-refractivity contribution is 7.89. The van der Waals surface area contributed by atoms with Crippen LogP contribution in [0.15, 0.2) is 23.1 Å². The zero-order valence-corrected chi connectivity index (χ0v) is 13.4. The predicted octanol–water partition coefficient (Wildman–Crippen LogP) is 2.40. The molecule has 0 aromatic heterocycles. The van der Waals surface area contributed by atoms with Crippen LogP contribution in [0.5, 0.6) is 0 Å². The summed E-state index contributed by atoms with van der Waals surface area (Å²) in [7, 11) is -2.02. The van der Waals surface area contributed by atoms with Gasteiger partial charge in [0.15, 0.2) is 0 Å². The lowest BCUT2D eigenvalue weighted by molar-refractivity contribution is 0.388. The monoisotopic (exact) mass is 344 g/mol. The van der Waals surface area contributed by atoms with E-state index in [4.69, 9.17) is 23.2 Å². The molecular formula is C11H15Cl3N2O2S. The molecule has 1 atom stereocenters. The van der Waals surface area contributed by atoms with Gasteiger partial charge in [-0.3, -0.25) is 0 Å². The molecule has 0 spiro atoms. The van der Waals surface area contributed by atoms with E-state index in [0.29, 0.717) is 6.54 Å². The second-order valence-corrected chi connectivity index (χ2v) is 6.97. The topological polar surface area (TPSA) is 49.4 Å². The van der Waals surface area contributed by atoms with Crippen molar-refractivity contribution in [3.05, 3.63) is 28.2 Å². The van der Waals surface area contributed by atoms with E-state index in [9.17, 15) is 8.42 Å². The first-order valence-corrected chi connectivity index (χ1v) is 7.77. The second-order valence-electron chi connectivity index (χ2n) is 4.22. The van der Waals surface area contributed by atoms with E-state index in [1.165, 1.54) is 10.4 Å². The summed E-state index contributed by atoms with van der Waals surface area (Å²) in [5.74, 6) is 0. The number of nitrogens with zero attached hydrogens (tertiary/aromatic N) is 1. The van der Waals surface area contributed by atoms with Gasteiger partial charge in [-0.1, -0.05) is 29.3 Å². The lowest BCUT2D eigenvalue weighted by Gasteiger charge is -2.23. The van der Waals surface area contributed by atoms with Crippen molar-refractivity contribution < 1.29 is 8.42 Å². The van der Waals surface area contributed by atoms with Gasteiger partial charge in [-0.2, -0.15) is 4.31 Å². The smallest absolute Gasteiger partial charge is 0.244 e. The van der Waals surface area contributed by atoms with Crippen LogP contribution >= 0.6 is 35.6 Å². The number of sulfonamides is 1. The number of likely N-dealkylation sites (N-methyl/N-ethyl adjacent to an activating group) is 1. The van der Waals surface area contributed by atoms with Crippen molar-refractivity contribution >= 4 is 45.6 Å². The van der Waals surface area contributed by atoms with Crippen LogP contribution in [0, 0.1) is 0 Å². The second kappa shape index (κ2) is 6.61. The first-order valence-electron chi connectivity index (χ1n) is 5.57. The van der Waals surface area contributed by atoms with Gasteiger partial charge in [-0.05, 0) is 25.1 Å². The van der Waals surface area contributed by atoms with E-state index >= 15 is 0 Å². The summed E-state index contributed by atoms with van der Waals surface area (Å²) in [6, 6.07) is 4.59. The van der Waals surface area contributed by atoms with E-state index in [1.54, 1.807) is 19.2 Å². The van der Waals surface area contributed by atoms with Crippen molar-refractivity contribution in [1.29, 1.82) is 0 Å². The summed E-state index contributed by atoms with van der Waals surface area (Å²) in [5.41, 5.74) is 0. The van der Waals surface area contributed by atoms with Crippen LogP contribution in [-0.4, -0.2) is 38.9 Å². The summed E-state index contributed by atoms with van der Waals surface area (Å²) in [4.78, 5) is 0.0612. The predicted molar refractivity (Wildman–Crippen MR) is 79.9 cm³/mol. The first-order chi connectivity index (χ1) is 8.44. The van der Waals surface area contributed by atoms with E-state index in [0.717, 1.165) is 13.0 Å². The van der Waals surface area contributed by atoms with E-state index in [1.807, 2.05) is 0 Å². The minimum atomic E-state index is -3.60. The van der Waals surface area contributed by atoms with Gasteiger partial charge in [0.05, 0.1) is 10.0 Å². The molecule has 4 nitrogen and oxygen atoms in total. The minimum absolute atomic E-state index is 0. The van der Waals surface area contributed by atoms with Gasteiger partial charge in [-0.15, -0.1) is 12.4 Å². The Morgan fingerprint density at radius 3 is 2.63 bits per heavy atom. The maximum absolute atomic E-state index is 12.4. The molecule has 0 bridgehead atoms. The van der Waals surface area contributed by atoms with Crippen LogP contribution in [0.4, 0.5) is 0 Å². The number of halogens is 3. The van der Waals surface area contributed by atoms with Gasteiger partial charge >= 0.3 is 0 Å². The zero-order valence-electron chi connectivity index (χ0n) is 10.3. The maximum atomic E-state index is 12.4. The molecule has 1 saturated heterocycles. The van der Waals surface area contributed by atoms with Gasteiger partial charge in [0.25, 0.3) is 0 Å². The molecule has 1 heterocycles. The quantitative estimate of drug-likeness (QED) is 0.915.